The van der Waals surface area contributed by atoms with E-state index in [4.69, 9.17) is 10.1 Å². The van der Waals surface area contributed by atoms with Crippen LogP contribution in [0.3, 0.4) is 0 Å². The Kier molecular flexibility index (Phi) is 2.54. The first-order valence-electron chi connectivity index (χ1n) is 6.34. The minimum Gasteiger partial charge on any atom is -0.455 e. The molecule has 0 radical (unpaired) electrons. The standard InChI is InChI=1S/C14H18N2O/c1-10-5-7-11(8-6-10)13-12-4-2-3-9-16(12)14(15)17-13/h5-8,12-13,15H,2-4,9H2,1H3/t12-,13-/m1/s1. The largest absolute Gasteiger partial charge is 0.455 e. The van der Waals surface area contributed by atoms with Gasteiger partial charge in [0.25, 0.3) is 6.02 Å². The first-order chi connectivity index (χ1) is 8.25. The minimum absolute atomic E-state index is 0.0587. The number of hydrogen-bond acceptors (Lipinski definition) is 2. The third-order valence-electron chi connectivity index (χ3n) is 3.80. The van der Waals surface area contributed by atoms with Crippen LogP contribution in [0.5, 0.6) is 0 Å². The molecule has 3 heteroatoms. The van der Waals surface area contributed by atoms with Crippen molar-refractivity contribution in [1.82, 2.24) is 4.90 Å². The second-order valence-electron chi connectivity index (χ2n) is 5.01. The van der Waals surface area contributed by atoms with E-state index in [-0.39, 0.29) is 6.10 Å². The highest BCUT2D eigenvalue weighted by molar-refractivity contribution is 5.73. The lowest BCUT2D eigenvalue weighted by Crippen LogP contribution is -2.38. The molecule has 2 aliphatic heterocycles. The van der Waals surface area contributed by atoms with Crippen molar-refractivity contribution in [2.45, 2.75) is 38.3 Å². The van der Waals surface area contributed by atoms with Gasteiger partial charge in [-0.3, -0.25) is 5.41 Å². The topological polar surface area (TPSA) is 36.3 Å². The fourth-order valence-electron chi connectivity index (χ4n) is 2.84. The molecule has 2 heterocycles. The summed E-state index contributed by atoms with van der Waals surface area (Å²) in [7, 11) is 0. The molecule has 2 fully saturated rings. The molecule has 0 spiro atoms. The highest BCUT2D eigenvalue weighted by atomic mass is 16.5. The second-order valence-corrected chi connectivity index (χ2v) is 5.01. The number of benzene rings is 1. The Hall–Kier alpha value is -1.51. The molecular weight excluding hydrogens is 212 g/mol. The zero-order chi connectivity index (χ0) is 11.8. The Bertz CT molecular complexity index is 426. The predicted octanol–water partition coefficient (Wildman–Crippen LogP) is 2.86. The normalized spacial score (nSPS) is 27.8. The van der Waals surface area contributed by atoms with Crippen LogP contribution in [0, 0.1) is 12.3 Å². The molecule has 0 amide bonds. The average Bonchev–Trinajstić information content (AvgIpc) is 2.69. The minimum atomic E-state index is 0.0587. The van der Waals surface area contributed by atoms with E-state index in [1.54, 1.807) is 0 Å². The average molecular weight is 230 g/mol. The van der Waals surface area contributed by atoms with Crippen LogP contribution in [-0.4, -0.2) is 23.5 Å². The molecule has 3 rings (SSSR count). The number of fused-ring (bicyclic) bond motifs is 1. The van der Waals surface area contributed by atoms with Crippen LogP contribution in [0.25, 0.3) is 0 Å². The van der Waals surface area contributed by atoms with Crippen molar-refractivity contribution >= 4 is 6.02 Å². The summed E-state index contributed by atoms with van der Waals surface area (Å²) in [5.74, 6) is 0. The van der Waals surface area contributed by atoms with Crippen molar-refractivity contribution in [2.75, 3.05) is 6.54 Å². The van der Waals surface area contributed by atoms with E-state index in [9.17, 15) is 0 Å². The molecule has 2 saturated heterocycles. The van der Waals surface area contributed by atoms with Gasteiger partial charge in [-0.15, -0.1) is 0 Å². The number of nitrogens with zero attached hydrogens (tertiary/aromatic N) is 1. The number of piperidine rings is 1. The van der Waals surface area contributed by atoms with Crippen molar-refractivity contribution in [3.63, 3.8) is 0 Å². The first-order valence-corrected chi connectivity index (χ1v) is 6.34. The Morgan fingerprint density at radius 2 is 2.00 bits per heavy atom. The second kappa shape index (κ2) is 4.06. The highest BCUT2D eigenvalue weighted by Crippen LogP contribution is 2.37. The zero-order valence-electron chi connectivity index (χ0n) is 10.1. The highest BCUT2D eigenvalue weighted by Gasteiger charge is 2.41. The lowest BCUT2D eigenvalue weighted by Gasteiger charge is -2.29. The smallest absolute Gasteiger partial charge is 0.285 e. The van der Waals surface area contributed by atoms with Crippen LogP contribution < -0.4 is 0 Å². The van der Waals surface area contributed by atoms with Crippen molar-refractivity contribution in [3.05, 3.63) is 35.4 Å². The molecule has 0 aliphatic carbocycles. The Labute approximate surface area is 102 Å². The number of nitrogens with one attached hydrogen (secondary N) is 1. The van der Waals surface area contributed by atoms with Gasteiger partial charge in [0.1, 0.15) is 6.10 Å². The van der Waals surface area contributed by atoms with E-state index in [1.807, 2.05) is 0 Å². The molecule has 1 aromatic carbocycles. The molecule has 0 bridgehead atoms. The van der Waals surface area contributed by atoms with Crippen LogP contribution in [0.1, 0.15) is 36.5 Å². The summed E-state index contributed by atoms with van der Waals surface area (Å²) in [6.45, 7) is 3.07. The number of rotatable bonds is 1. The summed E-state index contributed by atoms with van der Waals surface area (Å²) in [5, 5.41) is 7.90. The molecule has 0 aromatic heterocycles. The van der Waals surface area contributed by atoms with Gasteiger partial charge in [0.15, 0.2) is 0 Å². The summed E-state index contributed by atoms with van der Waals surface area (Å²) in [6, 6.07) is 9.23. The Morgan fingerprint density at radius 3 is 2.76 bits per heavy atom. The molecule has 3 nitrogen and oxygen atoms in total. The maximum atomic E-state index is 7.90. The maximum Gasteiger partial charge on any atom is 0.285 e. The van der Waals surface area contributed by atoms with Gasteiger partial charge in [0.2, 0.25) is 0 Å². The lowest BCUT2D eigenvalue weighted by molar-refractivity contribution is 0.167. The molecule has 90 valence electrons. The number of aryl methyl sites for hydroxylation is 1. The maximum absolute atomic E-state index is 7.90. The van der Waals surface area contributed by atoms with Gasteiger partial charge in [-0.05, 0) is 31.7 Å². The first kappa shape index (κ1) is 10.6. The van der Waals surface area contributed by atoms with E-state index in [2.05, 4.69) is 36.1 Å². The third kappa shape index (κ3) is 1.79. The van der Waals surface area contributed by atoms with E-state index in [1.165, 1.54) is 24.0 Å². The monoisotopic (exact) mass is 230 g/mol. The summed E-state index contributed by atoms with van der Waals surface area (Å²) in [5.41, 5.74) is 2.47. The van der Waals surface area contributed by atoms with Crippen LogP contribution in [0.2, 0.25) is 0 Å². The van der Waals surface area contributed by atoms with Gasteiger partial charge >= 0.3 is 0 Å². The molecule has 0 saturated carbocycles. The molecule has 2 aliphatic rings. The molecule has 0 unspecified atom stereocenters. The van der Waals surface area contributed by atoms with Crippen LogP contribution in [-0.2, 0) is 4.74 Å². The quantitative estimate of drug-likeness (QED) is 0.805. The Balaban J connectivity index is 1.88. The van der Waals surface area contributed by atoms with Crippen LogP contribution >= 0.6 is 0 Å². The summed E-state index contributed by atoms with van der Waals surface area (Å²) in [6.07, 6.45) is 3.63. The van der Waals surface area contributed by atoms with E-state index >= 15 is 0 Å². The number of hydrogen-bond donors (Lipinski definition) is 1. The summed E-state index contributed by atoms with van der Waals surface area (Å²) < 4.78 is 5.74. The van der Waals surface area contributed by atoms with Crippen molar-refractivity contribution in [2.24, 2.45) is 0 Å². The molecular formula is C14H18N2O. The zero-order valence-corrected chi connectivity index (χ0v) is 10.1. The van der Waals surface area contributed by atoms with Crippen molar-refractivity contribution in [1.29, 1.82) is 5.41 Å². The summed E-state index contributed by atoms with van der Waals surface area (Å²) in [4.78, 5) is 2.12. The van der Waals surface area contributed by atoms with Gasteiger partial charge in [-0.25, -0.2) is 0 Å². The van der Waals surface area contributed by atoms with Gasteiger partial charge in [0.05, 0.1) is 6.04 Å². The van der Waals surface area contributed by atoms with Gasteiger partial charge < -0.3 is 9.64 Å². The summed E-state index contributed by atoms with van der Waals surface area (Å²) >= 11 is 0. The van der Waals surface area contributed by atoms with Gasteiger partial charge in [-0.1, -0.05) is 29.8 Å². The predicted molar refractivity (Wildman–Crippen MR) is 67.1 cm³/mol. The molecule has 2 atom stereocenters. The van der Waals surface area contributed by atoms with Crippen LogP contribution in [0.15, 0.2) is 24.3 Å². The van der Waals surface area contributed by atoms with Crippen molar-refractivity contribution < 1.29 is 4.74 Å². The van der Waals surface area contributed by atoms with Crippen LogP contribution in [0.4, 0.5) is 0 Å². The molecule has 1 N–H and O–H groups in total. The molecule has 17 heavy (non-hydrogen) atoms. The van der Waals surface area contributed by atoms with E-state index in [0.717, 1.165) is 13.0 Å². The number of ether oxygens (including phenoxy) is 1. The lowest BCUT2D eigenvalue weighted by atomic mass is 9.94. The molecule has 1 aromatic rings. The Morgan fingerprint density at radius 1 is 1.24 bits per heavy atom. The fraction of sp³-hybridized carbons (Fsp3) is 0.500. The van der Waals surface area contributed by atoms with Gasteiger partial charge in [0, 0.05) is 6.54 Å². The van der Waals surface area contributed by atoms with E-state index < -0.39 is 0 Å². The van der Waals surface area contributed by atoms with Crippen molar-refractivity contribution in [3.8, 4) is 0 Å². The third-order valence-corrected chi connectivity index (χ3v) is 3.80. The van der Waals surface area contributed by atoms with Gasteiger partial charge in [-0.2, -0.15) is 0 Å². The fourth-order valence-corrected chi connectivity index (χ4v) is 2.84. The number of amidine groups is 1. The SMILES string of the molecule is Cc1ccc([C@H]2OC(=N)N3CCCC[C@H]23)cc1. The van der Waals surface area contributed by atoms with E-state index in [0.29, 0.717) is 12.1 Å².